The van der Waals surface area contributed by atoms with E-state index >= 15 is 0 Å². The van der Waals surface area contributed by atoms with Crippen LogP contribution < -0.4 is 4.72 Å². The van der Waals surface area contributed by atoms with Crippen LogP contribution in [0.15, 0.2) is 28.7 Å². The number of hydrogen-bond acceptors (Lipinski definition) is 4. The number of aliphatic hydroxyl groups is 1. The van der Waals surface area contributed by atoms with E-state index in [1.165, 1.54) is 0 Å². The average Bonchev–Trinajstić information content (AvgIpc) is 2.79. The fourth-order valence-electron chi connectivity index (χ4n) is 1.89. The Morgan fingerprint density at radius 2 is 2.10 bits per heavy atom. The zero-order chi connectivity index (χ0) is 14.9. The van der Waals surface area contributed by atoms with E-state index in [2.05, 4.69) is 4.72 Å². The highest BCUT2D eigenvalue weighted by molar-refractivity contribution is 7.90. The second kappa shape index (κ2) is 5.77. The Hall–Kier alpha value is -1.01. The van der Waals surface area contributed by atoms with Crippen LogP contribution in [0.4, 0.5) is 0 Å². The van der Waals surface area contributed by atoms with Gasteiger partial charge in [-0.05, 0) is 45.4 Å². The lowest BCUT2D eigenvalue weighted by atomic mass is 10.1. The van der Waals surface area contributed by atoms with Crippen LogP contribution in [0.2, 0.25) is 0 Å². The van der Waals surface area contributed by atoms with E-state index < -0.39 is 22.2 Å². The minimum absolute atomic E-state index is 0.166. The maximum absolute atomic E-state index is 12.1. The molecule has 2 N–H and O–H groups in total. The van der Waals surface area contributed by atoms with Crippen LogP contribution >= 0.6 is 0 Å². The molecule has 20 heavy (non-hydrogen) atoms. The fraction of sp³-hybridized carbons (Fsp3) is 0.467. The summed E-state index contributed by atoms with van der Waals surface area (Å²) in [5, 5.41) is 10.5. The summed E-state index contributed by atoms with van der Waals surface area (Å²) in [7, 11) is 0. The third-order valence-corrected chi connectivity index (χ3v) is 4.74. The Bertz CT molecular complexity index is 588. The predicted molar refractivity (Wildman–Crippen MR) is 81.8 cm³/mol. The van der Waals surface area contributed by atoms with E-state index in [4.69, 9.17) is 4.42 Å². The summed E-state index contributed by atoms with van der Waals surface area (Å²) in [5.41, 5.74) is 1.90. The van der Waals surface area contributed by atoms with Crippen molar-refractivity contribution >= 4 is 22.3 Å². The van der Waals surface area contributed by atoms with Crippen molar-refractivity contribution < 1.29 is 14.1 Å². The molecular formula is C15H21NO3S. The number of hydrogen-bond donors (Lipinski definition) is 2. The lowest BCUT2D eigenvalue weighted by Gasteiger charge is -2.26. The third kappa shape index (κ3) is 3.17. The fourth-order valence-corrected chi connectivity index (χ4v) is 2.69. The van der Waals surface area contributed by atoms with Gasteiger partial charge in [-0.2, -0.15) is 0 Å². The monoisotopic (exact) mass is 295 g/mol. The first kappa shape index (κ1) is 15.4. The van der Waals surface area contributed by atoms with Crippen LogP contribution in [0.3, 0.4) is 0 Å². The molecule has 2 rings (SSSR count). The highest BCUT2D eigenvalue weighted by Crippen LogP contribution is 2.27. The number of benzene rings is 1. The van der Waals surface area contributed by atoms with Crippen molar-refractivity contribution in [2.24, 2.45) is 0 Å². The quantitative estimate of drug-likeness (QED) is 0.851. The number of nitrogens with one attached hydrogen (secondary N) is 1. The molecule has 2 aromatic rings. The summed E-state index contributed by atoms with van der Waals surface area (Å²) in [6.07, 6.45) is 0. The van der Waals surface area contributed by atoms with Crippen LogP contribution in [0.25, 0.3) is 11.0 Å². The Labute approximate surface area is 122 Å². The minimum Gasteiger partial charge on any atom is -0.598 e. The second-order valence-electron chi connectivity index (χ2n) is 5.87. The Morgan fingerprint density at radius 3 is 2.65 bits per heavy atom. The van der Waals surface area contributed by atoms with Crippen molar-refractivity contribution in [2.75, 3.05) is 6.61 Å². The van der Waals surface area contributed by atoms with E-state index in [1.807, 2.05) is 52.0 Å². The molecule has 0 spiro atoms. The zero-order valence-corrected chi connectivity index (χ0v) is 13.1. The van der Waals surface area contributed by atoms with Crippen LogP contribution in [0.5, 0.6) is 0 Å². The Morgan fingerprint density at radius 1 is 1.40 bits per heavy atom. The maximum Gasteiger partial charge on any atom is 0.136 e. The van der Waals surface area contributed by atoms with Gasteiger partial charge < -0.3 is 14.1 Å². The number of fused-ring (bicyclic) bond motifs is 1. The molecule has 1 unspecified atom stereocenters. The van der Waals surface area contributed by atoms with Crippen molar-refractivity contribution in [3.8, 4) is 0 Å². The van der Waals surface area contributed by atoms with E-state index in [1.54, 1.807) is 0 Å². The van der Waals surface area contributed by atoms with Crippen LogP contribution in [-0.2, 0) is 11.4 Å². The summed E-state index contributed by atoms with van der Waals surface area (Å²) in [6.45, 7) is 7.49. The average molecular weight is 295 g/mol. The molecule has 0 aliphatic heterocycles. The van der Waals surface area contributed by atoms with Crippen molar-refractivity contribution in [2.45, 2.75) is 38.5 Å². The standard InChI is InChI=1S/C15H21NO3S/c1-10-6-5-7-13-11(10)8-14(19-13)12(9-17)16-20(18)15(2,3)4/h5-8,12,16-17H,9H2,1-4H3/t12-,20?/m1/s1. The van der Waals surface area contributed by atoms with Crippen LogP contribution in [0.1, 0.15) is 38.1 Å². The largest absolute Gasteiger partial charge is 0.598 e. The molecule has 0 aliphatic carbocycles. The van der Waals surface area contributed by atoms with E-state index in [9.17, 15) is 9.66 Å². The summed E-state index contributed by atoms with van der Waals surface area (Å²) >= 11 is -1.26. The molecule has 0 bridgehead atoms. The highest BCUT2D eigenvalue weighted by Gasteiger charge is 2.30. The van der Waals surface area contributed by atoms with Crippen molar-refractivity contribution in [3.05, 3.63) is 35.6 Å². The van der Waals surface area contributed by atoms with Gasteiger partial charge in [0, 0.05) is 16.7 Å². The van der Waals surface area contributed by atoms with Gasteiger partial charge in [-0.15, -0.1) is 4.72 Å². The molecule has 0 saturated carbocycles. The first-order valence-corrected chi connectivity index (χ1v) is 7.76. The first-order valence-electron chi connectivity index (χ1n) is 6.61. The number of aryl methyl sites for hydroxylation is 1. The lowest BCUT2D eigenvalue weighted by Crippen LogP contribution is -2.42. The summed E-state index contributed by atoms with van der Waals surface area (Å²) < 4.78 is 20.4. The second-order valence-corrected chi connectivity index (χ2v) is 7.87. The Balaban J connectivity index is 2.28. The van der Waals surface area contributed by atoms with Gasteiger partial charge in [0.25, 0.3) is 0 Å². The van der Waals surface area contributed by atoms with Crippen LogP contribution in [0, 0.1) is 6.92 Å². The van der Waals surface area contributed by atoms with Crippen molar-refractivity contribution in [3.63, 3.8) is 0 Å². The van der Waals surface area contributed by atoms with E-state index in [-0.39, 0.29) is 6.61 Å². The molecule has 0 amide bonds. The molecule has 110 valence electrons. The molecule has 1 heterocycles. The molecule has 0 fully saturated rings. The Kier molecular flexibility index (Phi) is 4.44. The van der Waals surface area contributed by atoms with Gasteiger partial charge in [0.15, 0.2) is 0 Å². The van der Waals surface area contributed by atoms with Crippen LogP contribution in [-0.4, -0.2) is 21.0 Å². The van der Waals surface area contributed by atoms with Crippen molar-refractivity contribution in [1.82, 2.24) is 4.72 Å². The molecule has 2 atom stereocenters. The van der Waals surface area contributed by atoms with Gasteiger partial charge in [-0.3, -0.25) is 0 Å². The third-order valence-electron chi connectivity index (χ3n) is 3.13. The maximum atomic E-state index is 12.1. The number of furan rings is 1. The number of rotatable bonds is 4. The molecule has 4 nitrogen and oxygen atoms in total. The minimum atomic E-state index is -1.26. The van der Waals surface area contributed by atoms with Gasteiger partial charge in [-0.1, -0.05) is 12.1 Å². The normalized spacial score (nSPS) is 15.5. The highest BCUT2D eigenvalue weighted by atomic mass is 32.2. The van der Waals surface area contributed by atoms with Gasteiger partial charge in [0.1, 0.15) is 22.1 Å². The summed E-state index contributed by atoms with van der Waals surface area (Å²) in [6, 6.07) is 7.26. The molecule has 0 aliphatic rings. The lowest BCUT2D eigenvalue weighted by molar-refractivity contribution is 0.243. The molecule has 0 saturated heterocycles. The summed E-state index contributed by atoms with van der Waals surface area (Å²) in [5.74, 6) is 0.606. The van der Waals surface area contributed by atoms with Gasteiger partial charge in [-0.25, -0.2) is 0 Å². The summed E-state index contributed by atoms with van der Waals surface area (Å²) in [4.78, 5) is 0. The smallest absolute Gasteiger partial charge is 0.136 e. The van der Waals surface area contributed by atoms with Gasteiger partial charge in [0.2, 0.25) is 0 Å². The van der Waals surface area contributed by atoms with Crippen molar-refractivity contribution in [1.29, 1.82) is 0 Å². The van der Waals surface area contributed by atoms with E-state index in [0.29, 0.717) is 5.76 Å². The molecule has 1 aromatic carbocycles. The first-order chi connectivity index (χ1) is 9.32. The zero-order valence-electron chi connectivity index (χ0n) is 12.3. The predicted octanol–water partition coefficient (Wildman–Crippen LogP) is 2.83. The number of aliphatic hydroxyl groups excluding tert-OH is 1. The van der Waals surface area contributed by atoms with E-state index in [0.717, 1.165) is 16.5 Å². The molecular weight excluding hydrogens is 274 g/mol. The van der Waals surface area contributed by atoms with Gasteiger partial charge >= 0.3 is 0 Å². The topological polar surface area (TPSA) is 68.5 Å². The molecule has 0 radical (unpaired) electrons. The van der Waals surface area contributed by atoms with Gasteiger partial charge in [0.05, 0.1) is 6.61 Å². The SMILES string of the molecule is Cc1cccc2oc([C@@H](CO)N[S+]([O-])C(C)(C)C)cc12. The molecule has 1 aromatic heterocycles. The molecule has 5 heteroatoms.